The zero-order valence-electron chi connectivity index (χ0n) is 10.6. The number of nitrogens with one attached hydrogen (secondary N) is 1. The maximum absolute atomic E-state index is 12.5. The number of hydrogen-bond acceptors (Lipinski definition) is 4. The Morgan fingerprint density at radius 1 is 1.37 bits per heavy atom. The van der Waals surface area contributed by atoms with Crippen molar-refractivity contribution in [2.75, 3.05) is 6.54 Å². The molecule has 100 valence electrons. The van der Waals surface area contributed by atoms with Gasteiger partial charge in [-0.05, 0) is 31.5 Å². The molecule has 1 aliphatic rings. The standard InChI is InChI=1S/C13H15N3O3/c1-15-8-4-2-5-9(17)11(8)12(18)16(13(15)19)10-6-3-7-14-10/h2,4-5,10,14,17H,3,6-7H2,1H3. The molecule has 0 amide bonds. The molecule has 0 radical (unpaired) electrons. The number of benzene rings is 1. The first-order chi connectivity index (χ1) is 9.11. The van der Waals surface area contributed by atoms with Crippen LogP contribution in [0.1, 0.15) is 19.0 Å². The largest absolute Gasteiger partial charge is 0.507 e. The summed E-state index contributed by atoms with van der Waals surface area (Å²) in [5, 5.41) is 13.2. The molecule has 2 heterocycles. The summed E-state index contributed by atoms with van der Waals surface area (Å²) < 4.78 is 2.60. The minimum atomic E-state index is -0.435. The average molecular weight is 261 g/mol. The molecule has 2 aromatic rings. The number of aromatic hydroxyl groups is 1. The van der Waals surface area contributed by atoms with Crippen LogP contribution in [-0.2, 0) is 7.05 Å². The third kappa shape index (κ3) is 1.67. The van der Waals surface area contributed by atoms with E-state index in [1.54, 1.807) is 19.2 Å². The maximum Gasteiger partial charge on any atom is 0.332 e. The average Bonchev–Trinajstić information content (AvgIpc) is 2.90. The number of fused-ring (bicyclic) bond motifs is 1. The van der Waals surface area contributed by atoms with E-state index in [1.165, 1.54) is 15.2 Å². The first-order valence-electron chi connectivity index (χ1n) is 6.28. The number of aromatic nitrogens is 2. The van der Waals surface area contributed by atoms with Crippen molar-refractivity contribution in [2.24, 2.45) is 7.05 Å². The lowest BCUT2D eigenvalue weighted by molar-refractivity contribution is 0.427. The van der Waals surface area contributed by atoms with E-state index in [4.69, 9.17) is 0 Å². The van der Waals surface area contributed by atoms with Gasteiger partial charge in [-0.1, -0.05) is 6.07 Å². The van der Waals surface area contributed by atoms with Crippen molar-refractivity contribution >= 4 is 10.9 Å². The maximum atomic E-state index is 12.5. The van der Waals surface area contributed by atoms with Gasteiger partial charge in [-0.25, -0.2) is 9.36 Å². The Balaban J connectivity index is 2.43. The molecular weight excluding hydrogens is 246 g/mol. The molecule has 0 bridgehead atoms. The van der Waals surface area contributed by atoms with Crippen LogP contribution < -0.4 is 16.6 Å². The van der Waals surface area contributed by atoms with Gasteiger partial charge in [-0.2, -0.15) is 0 Å². The molecule has 1 atom stereocenters. The SMILES string of the molecule is Cn1c(=O)n(C2CCCN2)c(=O)c2c(O)cccc21. The highest BCUT2D eigenvalue weighted by Crippen LogP contribution is 2.20. The highest BCUT2D eigenvalue weighted by Gasteiger charge is 2.22. The Hall–Kier alpha value is -2.08. The monoisotopic (exact) mass is 261 g/mol. The number of hydrogen-bond donors (Lipinski definition) is 2. The van der Waals surface area contributed by atoms with Crippen LogP contribution in [0.5, 0.6) is 5.75 Å². The second kappa shape index (κ2) is 4.24. The number of rotatable bonds is 1. The number of phenols is 1. The van der Waals surface area contributed by atoms with E-state index in [9.17, 15) is 14.7 Å². The van der Waals surface area contributed by atoms with Crippen LogP contribution in [0.2, 0.25) is 0 Å². The van der Waals surface area contributed by atoms with Crippen molar-refractivity contribution in [3.8, 4) is 5.75 Å². The summed E-state index contributed by atoms with van der Waals surface area (Å²) in [5.41, 5.74) is -0.345. The summed E-state index contributed by atoms with van der Waals surface area (Å²) in [6, 6.07) is 4.74. The second-order valence-corrected chi connectivity index (χ2v) is 4.80. The molecule has 19 heavy (non-hydrogen) atoms. The molecule has 1 aromatic carbocycles. The van der Waals surface area contributed by atoms with E-state index in [2.05, 4.69) is 5.32 Å². The summed E-state index contributed by atoms with van der Waals surface area (Å²) >= 11 is 0. The molecule has 1 fully saturated rings. The predicted octanol–water partition coefficient (Wildman–Crippen LogP) is 0.288. The van der Waals surface area contributed by atoms with Gasteiger partial charge < -0.3 is 5.11 Å². The van der Waals surface area contributed by atoms with E-state index in [1.807, 2.05) is 0 Å². The van der Waals surface area contributed by atoms with Gasteiger partial charge in [-0.3, -0.25) is 14.7 Å². The molecule has 0 saturated carbocycles. The van der Waals surface area contributed by atoms with Crippen molar-refractivity contribution in [2.45, 2.75) is 19.0 Å². The molecule has 2 N–H and O–H groups in total. The van der Waals surface area contributed by atoms with Crippen molar-refractivity contribution in [3.05, 3.63) is 39.0 Å². The van der Waals surface area contributed by atoms with E-state index < -0.39 is 5.56 Å². The van der Waals surface area contributed by atoms with Crippen LogP contribution in [0.25, 0.3) is 10.9 Å². The minimum absolute atomic E-state index is 0.0927. The Labute approximate surface area is 108 Å². The first kappa shape index (κ1) is 12.0. The molecule has 1 unspecified atom stereocenters. The Bertz CT molecular complexity index is 754. The normalized spacial score (nSPS) is 19.1. The van der Waals surface area contributed by atoms with Crippen LogP contribution in [0.4, 0.5) is 0 Å². The smallest absolute Gasteiger partial charge is 0.332 e. The van der Waals surface area contributed by atoms with Gasteiger partial charge in [0.1, 0.15) is 11.1 Å². The summed E-state index contributed by atoms with van der Waals surface area (Å²) in [5.74, 6) is -0.0927. The van der Waals surface area contributed by atoms with Crippen molar-refractivity contribution in [1.82, 2.24) is 14.5 Å². The Morgan fingerprint density at radius 3 is 2.84 bits per heavy atom. The lowest BCUT2D eigenvalue weighted by Crippen LogP contribution is -2.44. The van der Waals surface area contributed by atoms with Gasteiger partial charge in [0.2, 0.25) is 0 Å². The minimum Gasteiger partial charge on any atom is -0.507 e. The van der Waals surface area contributed by atoms with Crippen molar-refractivity contribution < 1.29 is 5.11 Å². The van der Waals surface area contributed by atoms with Crippen LogP contribution in [0.3, 0.4) is 0 Å². The second-order valence-electron chi connectivity index (χ2n) is 4.80. The summed E-state index contributed by atoms with van der Waals surface area (Å²) in [4.78, 5) is 24.8. The molecule has 1 aromatic heterocycles. The van der Waals surface area contributed by atoms with Gasteiger partial charge in [-0.15, -0.1) is 0 Å². The highest BCUT2D eigenvalue weighted by molar-refractivity contribution is 5.84. The lowest BCUT2D eigenvalue weighted by atomic mass is 10.2. The molecule has 0 aliphatic carbocycles. The van der Waals surface area contributed by atoms with Crippen molar-refractivity contribution in [1.29, 1.82) is 0 Å². The lowest BCUT2D eigenvalue weighted by Gasteiger charge is -2.16. The Kier molecular flexibility index (Phi) is 2.67. The van der Waals surface area contributed by atoms with Gasteiger partial charge in [0.25, 0.3) is 5.56 Å². The first-order valence-corrected chi connectivity index (χ1v) is 6.28. The third-order valence-electron chi connectivity index (χ3n) is 3.65. The zero-order chi connectivity index (χ0) is 13.6. The third-order valence-corrected chi connectivity index (χ3v) is 3.65. The van der Waals surface area contributed by atoms with E-state index in [0.717, 1.165) is 19.4 Å². The Morgan fingerprint density at radius 2 is 2.16 bits per heavy atom. The molecule has 6 heteroatoms. The zero-order valence-corrected chi connectivity index (χ0v) is 10.6. The molecule has 3 rings (SSSR count). The van der Waals surface area contributed by atoms with Crippen molar-refractivity contribution in [3.63, 3.8) is 0 Å². The van der Waals surface area contributed by atoms with E-state index in [-0.39, 0.29) is 23.0 Å². The highest BCUT2D eigenvalue weighted by atomic mass is 16.3. The number of phenolic OH excluding ortho intramolecular Hbond substituents is 1. The quantitative estimate of drug-likeness (QED) is 0.773. The number of aryl methyl sites for hydroxylation is 1. The van der Waals surface area contributed by atoms with Crippen LogP contribution in [0.15, 0.2) is 27.8 Å². The van der Waals surface area contributed by atoms with Gasteiger partial charge >= 0.3 is 5.69 Å². The van der Waals surface area contributed by atoms with Gasteiger partial charge in [0.15, 0.2) is 0 Å². The van der Waals surface area contributed by atoms with E-state index >= 15 is 0 Å². The fraction of sp³-hybridized carbons (Fsp3) is 0.385. The fourth-order valence-electron chi connectivity index (χ4n) is 2.66. The summed E-state index contributed by atoms with van der Waals surface area (Å²) in [6.45, 7) is 0.791. The van der Waals surface area contributed by atoms with Crippen LogP contribution in [0, 0.1) is 0 Å². The number of nitrogens with zero attached hydrogens (tertiary/aromatic N) is 2. The molecule has 6 nitrogen and oxygen atoms in total. The topological polar surface area (TPSA) is 76.3 Å². The fourth-order valence-corrected chi connectivity index (χ4v) is 2.66. The van der Waals surface area contributed by atoms with Gasteiger partial charge in [0, 0.05) is 7.05 Å². The van der Waals surface area contributed by atoms with Crippen LogP contribution in [-0.4, -0.2) is 20.8 Å². The molecule has 0 spiro atoms. The molecule has 1 saturated heterocycles. The van der Waals surface area contributed by atoms with Gasteiger partial charge in [0.05, 0.1) is 11.7 Å². The predicted molar refractivity (Wildman–Crippen MR) is 71.4 cm³/mol. The summed E-state index contributed by atoms with van der Waals surface area (Å²) in [7, 11) is 1.61. The van der Waals surface area contributed by atoms with Crippen LogP contribution >= 0.6 is 0 Å². The molecule has 1 aliphatic heterocycles. The van der Waals surface area contributed by atoms with E-state index in [0.29, 0.717) is 5.52 Å². The summed E-state index contributed by atoms with van der Waals surface area (Å²) in [6.07, 6.45) is 1.39. The molecular formula is C13H15N3O3.